The fourth-order valence-corrected chi connectivity index (χ4v) is 2.10. The van der Waals surface area contributed by atoms with Crippen LogP contribution in [0, 0.1) is 12.3 Å². The first kappa shape index (κ1) is 12.3. The van der Waals surface area contributed by atoms with Gasteiger partial charge in [0.05, 0.1) is 19.3 Å². The highest BCUT2D eigenvalue weighted by Crippen LogP contribution is 2.48. The third-order valence-electron chi connectivity index (χ3n) is 3.03. The predicted octanol–water partition coefficient (Wildman–Crippen LogP) is 1.72. The van der Waals surface area contributed by atoms with Gasteiger partial charge in [-0.1, -0.05) is 5.92 Å². The van der Waals surface area contributed by atoms with Crippen LogP contribution in [0.15, 0.2) is 12.1 Å². The molecule has 2 rings (SSSR count). The number of hydrogen-bond donors (Lipinski definition) is 2. The van der Waals surface area contributed by atoms with Crippen LogP contribution in [-0.2, 0) is 0 Å². The highest BCUT2D eigenvalue weighted by molar-refractivity contribution is 5.96. The lowest BCUT2D eigenvalue weighted by Gasteiger charge is -2.16. The molecule has 18 heavy (non-hydrogen) atoms. The number of terminal acetylenes is 1. The molecule has 0 radical (unpaired) electrons. The number of anilines is 1. The van der Waals surface area contributed by atoms with Crippen LogP contribution in [0.4, 0.5) is 5.69 Å². The van der Waals surface area contributed by atoms with Crippen molar-refractivity contribution >= 4 is 11.6 Å². The van der Waals surface area contributed by atoms with Crippen LogP contribution in [0.3, 0.4) is 0 Å². The lowest BCUT2D eigenvalue weighted by molar-refractivity contribution is 0.0999. The van der Waals surface area contributed by atoms with E-state index in [9.17, 15) is 4.79 Å². The molecule has 1 aliphatic rings. The van der Waals surface area contributed by atoms with Crippen LogP contribution in [0.1, 0.15) is 34.7 Å². The summed E-state index contributed by atoms with van der Waals surface area (Å²) in [6.07, 6.45) is 7.36. The number of carbonyl (C=O) groups excluding carboxylic acids is 1. The fraction of sp³-hybridized carbons (Fsp3) is 0.357. The van der Waals surface area contributed by atoms with Crippen molar-refractivity contribution in [2.24, 2.45) is 5.73 Å². The number of methoxy groups -OCH3 is 1. The molecule has 0 aromatic heterocycles. The number of primary amides is 1. The van der Waals surface area contributed by atoms with E-state index in [4.69, 9.17) is 16.9 Å². The summed E-state index contributed by atoms with van der Waals surface area (Å²) in [7, 11) is 1.59. The summed E-state index contributed by atoms with van der Waals surface area (Å²) < 4.78 is 5.43. The van der Waals surface area contributed by atoms with E-state index in [-0.39, 0.29) is 0 Å². The van der Waals surface area contributed by atoms with Crippen LogP contribution in [0.5, 0.6) is 5.75 Å². The summed E-state index contributed by atoms with van der Waals surface area (Å²) in [6.45, 7) is 0.413. The predicted molar refractivity (Wildman–Crippen MR) is 70.8 cm³/mol. The van der Waals surface area contributed by atoms with Crippen molar-refractivity contribution in [3.05, 3.63) is 23.3 Å². The summed E-state index contributed by atoms with van der Waals surface area (Å²) in [5, 5.41) is 3.09. The second kappa shape index (κ2) is 5.01. The Balaban J connectivity index is 2.48. The number of hydrogen-bond acceptors (Lipinski definition) is 3. The van der Waals surface area contributed by atoms with Crippen molar-refractivity contribution in [3.63, 3.8) is 0 Å². The quantitative estimate of drug-likeness (QED) is 0.775. The SMILES string of the molecule is C#CCNc1ccc(C(N)=O)c(C2CC2)c1OC. The molecule has 0 spiro atoms. The van der Waals surface area contributed by atoms with E-state index in [1.807, 2.05) is 0 Å². The van der Waals surface area contributed by atoms with Gasteiger partial charge in [0.15, 0.2) is 0 Å². The Kier molecular flexibility index (Phi) is 3.42. The molecule has 3 N–H and O–H groups in total. The third-order valence-corrected chi connectivity index (χ3v) is 3.03. The Morgan fingerprint density at radius 3 is 2.83 bits per heavy atom. The number of ether oxygens (including phenoxy) is 1. The molecule has 1 saturated carbocycles. The van der Waals surface area contributed by atoms with Crippen LogP contribution < -0.4 is 15.8 Å². The zero-order chi connectivity index (χ0) is 13.1. The van der Waals surface area contributed by atoms with Gasteiger partial charge in [-0.2, -0.15) is 0 Å². The molecule has 0 heterocycles. The largest absolute Gasteiger partial charge is 0.494 e. The van der Waals surface area contributed by atoms with Gasteiger partial charge in [-0.15, -0.1) is 6.42 Å². The van der Waals surface area contributed by atoms with Crippen LogP contribution in [0.2, 0.25) is 0 Å². The zero-order valence-electron chi connectivity index (χ0n) is 10.3. The Bertz CT molecular complexity index is 513. The molecular weight excluding hydrogens is 228 g/mol. The van der Waals surface area contributed by atoms with E-state index in [0.717, 1.165) is 24.1 Å². The first-order chi connectivity index (χ1) is 8.69. The second-order valence-electron chi connectivity index (χ2n) is 4.30. The maximum atomic E-state index is 11.5. The number of nitrogens with one attached hydrogen (secondary N) is 1. The van der Waals surface area contributed by atoms with E-state index < -0.39 is 5.91 Å². The van der Waals surface area contributed by atoms with E-state index in [0.29, 0.717) is 23.8 Å². The molecule has 94 valence electrons. The van der Waals surface area contributed by atoms with Crippen LogP contribution in [0.25, 0.3) is 0 Å². The first-order valence-electron chi connectivity index (χ1n) is 5.87. The monoisotopic (exact) mass is 244 g/mol. The fourth-order valence-electron chi connectivity index (χ4n) is 2.10. The molecule has 1 aromatic rings. The number of amides is 1. The second-order valence-corrected chi connectivity index (χ2v) is 4.30. The van der Waals surface area contributed by atoms with E-state index >= 15 is 0 Å². The Morgan fingerprint density at radius 1 is 1.61 bits per heavy atom. The average Bonchev–Trinajstić information content (AvgIpc) is 3.18. The Hall–Kier alpha value is -2.15. The van der Waals surface area contributed by atoms with Crippen molar-refractivity contribution in [3.8, 4) is 18.1 Å². The van der Waals surface area contributed by atoms with Crippen molar-refractivity contribution in [2.75, 3.05) is 19.0 Å². The molecule has 1 aliphatic carbocycles. The Labute approximate surface area is 107 Å². The standard InChI is InChI=1S/C14H16N2O2/c1-3-8-16-11-7-6-10(14(15)17)12(9-4-5-9)13(11)18-2/h1,6-7,9,16H,4-5,8H2,2H3,(H2,15,17). The molecule has 0 aliphatic heterocycles. The van der Waals surface area contributed by atoms with E-state index in [1.165, 1.54) is 0 Å². The lowest BCUT2D eigenvalue weighted by atomic mass is 10.00. The van der Waals surface area contributed by atoms with Crippen molar-refractivity contribution in [1.29, 1.82) is 0 Å². The van der Waals surface area contributed by atoms with Gasteiger partial charge in [0.25, 0.3) is 0 Å². The molecule has 1 aromatic carbocycles. The Morgan fingerprint density at radius 2 is 2.33 bits per heavy atom. The molecule has 4 heteroatoms. The number of benzene rings is 1. The lowest BCUT2D eigenvalue weighted by Crippen LogP contribution is -2.15. The third kappa shape index (κ3) is 2.25. The number of rotatable bonds is 5. The minimum absolute atomic E-state index is 0.370. The van der Waals surface area contributed by atoms with Gasteiger partial charge in [-0.3, -0.25) is 4.79 Å². The minimum atomic E-state index is -0.418. The van der Waals surface area contributed by atoms with Crippen molar-refractivity contribution < 1.29 is 9.53 Å². The summed E-state index contributed by atoms with van der Waals surface area (Å²) in [6, 6.07) is 3.51. The molecule has 0 unspecified atom stereocenters. The van der Waals surface area contributed by atoms with Crippen molar-refractivity contribution in [2.45, 2.75) is 18.8 Å². The zero-order valence-corrected chi connectivity index (χ0v) is 10.3. The van der Waals surface area contributed by atoms with Gasteiger partial charge < -0.3 is 15.8 Å². The summed E-state index contributed by atoms with van der Waals surface area (Å²) in [5.41, 5.74) is 7.67. The van der Waals surface area contributed by atoms with Crippen LogP contribution in [-0.4, -0.2) is 19.6 Å². The van der Waals surface area contributed by atoms with Gasteiger partial charge in [0.1, 0.15) is 5.75 Å². The van der Waals surface area contributed by atoms with Gasteiger partial charge in [0.2, 0.25) is 5.91 Å². The van der Waals surface area contributed by atoms with Gasteiger partial charge in [-0.05, 0) is 30.9 Å². The molecule has 0 bridgehead atoms. The molecule has 4 nitrogen and oxygen atoms in total. The number of carbonyl (C=O) groups is 1. The topological polar surface area (TPSA) is 64.3 Å². The average molecular weight is 244 g/mol. The van der Waals surface area contributed by atoms with Crippen LogP contribution >= 0.6 is 0 Å². The maximum Gasteiger partial charge on any atom is 0.249 e. The first-order valence-corrected chi connectivity index (χ1v) is 5.87. The minimum Gasteiger partial charge on any atom is -0.494 e. The summed E-state index contributed by atoms with van der Waals surface area (Å²) in [5.74, 6) is 3.15. The highest BCUT2D eigenvalue weighted by Gasteiger charge is 2.32. The van der Waals surface area contributed by atoms with Crippen molar-refractivity contribution in [1.82, 2.24) is 0 Å². The molecule has 1 fully saturated rings. The molecular formula is C14H16N2O2. The normalized spacial score (nSPS) is 13.8. The molecule has 0 atom stereocenters. The smallest absolute Gasteiger partial charge is 0.249 e. The van der Waals surface area contributed by atoms with Gasteiger partial charge in [0, 0.05) is 11.1 Å². The molecule has 1 amide bonds. The van der Waals surface area contributed by atoms with E-state index in [2.05, 4.69) is 11.2 Å². The van der Waals surface area contributed by atoms with Gasteiger partial charge in [-0.25, -0.2) is 0 Å². The van der Waals surface area contributed by atoms with E-state index in [1.54, 1.807) is 19.2 Å². The summed E-state index contributed by atoms with van der Waals surface area (Å²) in [4.78, 5) is 11.5. The highest BCUT2D eigenvalue weighted by atomic mass is 16.5. The molecule has 0 saturated heterocycles. The number of nitrogens with two attached hydrogens (primary N) is 1. The maximum absolute atomic E-state index is 11.5. The van der Waals surface area contributed by atoms with Gasteiger partial charge >= 0.3 is 0 Å². The summed E-state index contributed by atoms with van der Waals surface area (Å²) >= 11 is 0.